The maximum atomic E-state index is 4.43. The Balaban J connectivity index is 2.24. The number of rotatable bonds is 3. The van der Waals surface area contributed by atoms with Gasteiger partial charge in [0.05, 0.1) is 6.54 Å². The molecule has 0 aromatic rings. The van der Waals surface area contributed by atoms with Gasteiger partial charge >= 0.3 is 0 Å². The van der Waals surface area contributed by atoms with E-state index in [2.05, 4.69) is 38.0 Å². The monoisotopic (exact) mass is 200 g/mol. The maximum absolute atomic E-state index is 4.43. The van der Waals surface area contributed by atoms with Crippen LogP contribution in [-0.2, 0) is 0 Å². The van der Waals surface area contributed by atoms with Gasteiger partial charge in [-0.25, -0.2) is 0 Å². The van der Waals surface area contributed by atoms with Gasteiger partial charge in [-0.15, -0.1) is 0 Å². The first-order chi connectivity index (χ1) is 6.08. The van der Waals surface area contributed by atoms with Crippen LogP contribution in [0.15, 0.2) is 4.99 Å². The van der Waals surface area contributed by atoms with E-state index in [0.29, 0.717) is 11.3 Å². The number of aliphatic imine (C=N–C) groups is 1. The number of thioether (sulfide) groups is 1. The van der Waals surface area contributed by atoms with Crippen LogP contribution in [0, 0.1) is 5.92 Å². The molecule has 0 aromatic heterocycles. The second-order valence-corrected chi connectivity index (χ2v) is 5.68. The van der Waals surface area contributed by atoms with Crippen LogP contribution in [0.4, 0.5) is 0 Å². The minimum Gasteiger partial charge on any atom is -0.362 e. The lowest BCUT2D eigenvalue weighted by Gasteiger charge is -2.16. The summed E-state index contributed by atoms with van der Waals surface area (Å²) in [5.74, 6) is 0.756. The number of nitrogens with zero attached hydrogens (tertiary/aromatic N) is 1. The fourth-order valence-electron chi connectivity index (χ4n) is 1.53. The average molecular weight is 200 g/mol. The first-order valence-corrected chi connectivity index (χ1v) is 5.93. The summed E-state index contributed by atoms with van der Waals surface area (Å²) in [6.07, 6.45) is 1.22. The summed E-state index contributed by atoms with van der Waals surface area (Å²) in [6, 6.07) is 0.552. The number of nitrogens with one attached hydrogen (secondary N) is 1. The van der Waals surface area contributed by atoms with Crippen molar-refractivity contribution in [1.29, 1.82) is 0 Å². The summed E-state index contributed by atoms with van der Waals surface area (Å²) in [6.45, 7) is 9.93. The van der Waals surface area contributed by atoms with Gasteiger partial charge < -0.3 is 5.32 Å². The second kappa shape index (κ2) is 4.89. The topological polar surface area (TPSA) is 24.4 Å². The highest BCUT2D eigenvalue weighted by Crippen LogP contribution is 2.19. The molecule has 1 heterocycles. The Hall–Kier alpha value is -0.180. The Morgan fingerprint density at radius 3 is 2.69 bits per heavy atom. The molecule has 0 fully saturated rings. The zero-order valence-corrected chi connectivity index (χ0v) is 9.82. The Kier molecular flexibility index (Phi) is 4.10. The average Bonchev–Trinajstić information content (AvgIpc) is 2.33. The summed E-state index contributed by atoms with van der Waals surface area (Å²) < 4.78 is 0. The van der Waals surface area contributed by atoms with Crippen LogP contribution in [0.5, 0.6) is 0 Å². The van der Waals surface area contributed by atoms with Crippen LogP contribution in [0.25, 0.3) is 0 Å². The molecule has 3 heteroatoms. The molecule has 1 aliphatic heterocycles. The summed E-state index contributed by atoms with van der Waals surface area (Å²) in [4.78, 5) is 4.43. The Labute approximate surface area is 85.6 Å². The second-order valence-electron chi connectivity index (χ2n) is 4.25. The highest BCUT2D eigenvalue weighted by molar-refractivity contribution is 8.14. The van der Waals surface area contributed by atoms with Crippen molar-refractivity contribution in [2.45, 2.75) is 45.4 Å². The minimum atomic E-state index is 0.552. The first kappa shape index (κ1) is 10.9. The first-order valence-electron chi connectivity index (χ1n) is 5.05. The highest BCUT2D eigenvalue weighted by Gasteiger charge is 2.16. The van der Waals surface area contributed by atoms with E-state index in [4.69, 9.17) is 0 Å². The van der Waals surface area contributed by atoms with E-state index < -0.39 is 0 Å². The van der Waals surface area contributed by atoms with E-state index in [1.54, 1.807) is 0 Å². The van der Waals surface area contributed by atoms with Crippen molar-refractivity contribution in [3.05, 3.63) is 0 Å². The van der Waals surface area contributed by atoms with E-state index in [1.165, 1.54) is 6.42 Å². The van der Waals surface area contributed by atoms with E-state index >= 15 is 0 Å². The molecule has 2 nitrogen and oxygen atoms in total. The normalized spacial score (nSPS) is 24.7. The van der Waals surface area contributed by atoms with Gasteiger partial charge in [0, 0.05) is 11.3 Å². The Morgan fingerprint density at radius 1 is 1.54 bits per heavy atom. The molecular weight excluding hydrogens is 180 g/mol. The van der Waals surface area contributed by atoms with Gasteiger partial charge in [-0.05, 0) is 19.3 Å². The molecule has 0 saturated heterocycles. The Bertz CT molecular complexity index is 189. The van der Waals surface area contributed by atoms with Gasteiger partial charge in [0.25, 0.3) is 0 Å². The van der Waals surface area contributed by atoms with E-state index in [0.717, 1.165) is 17.6 Å². The molecule has 0 spiro atoms. The lowest BCUT2D eigenvalue weighted by Crippen LogP contribution is -2.31. The summed E-state index contributed by atoms with van der Waals surface area (Å²) in [5.41, 5.74) is 0. The molecule has 0 aromatic carbocycles. The van der Waals surface area contributed by atoms with Crippen molar-refractivity contribution in [1.82, 2.24) is 5.32 Å². The lowest BCUT2D eigenvalue weighted by molar-refractivity contribution is 0.492. The van der Waals surface area contributed by atoms with Crippen molar-refractivity contribution in [2.24, 2.45) is 10.9 Å². The van der Waals surface area contributed by atoms with Gasteiger partial charge in [0.15, 0.2) is 5.17 Å². The molecule has 2 atom stereocenters. The molecular formula is C10H20N2S. The van der Waals surface area contributed by atoms with Crippen molar-refractivity contribution in [3.63, 3.8) is 0 Å². The quantitative estimate of drug-likeness (QED) is 0.757. The van der Waals surface area contributed by atoms with E-state index in [1.807, 2.05) is 11.8 Å². The SMILES string of the molecule is CC(C)CC(C)NC1=NCC(C)S1. The van der Waals surface area contributed by atoms with Crippen LogP contribution >= 0.6 is 11.8 Å². The zero-order valence-electron chi connectivity index (χ0n) is 9.00. The van der Waals surface area contributed by atoms with Crippen LogP contribution in [0.1, 0.15) is 34.1 Å². The zero-order chi connectivity index (χ0) is 9.84. The van der Waals surface area contributed by atoms with Gasteiger partial charge in [0.1, 0.15) is 0 Å². The summed E-state index contributed by atoms with van der Waals surface area (Å²) in [5, 5.41) is 5.25. The molecule has 0 aliphatic carbocycles. The van der Waals surface area contributed by atoms with Crippen LogP contribution in [-0.4, -0.2) is 23.0 Å². The summed E-state index contributed by atoms with van der Waals surface area (Å²) >= 11 is 1.86. The maximum Gasteiger partial charge on any atom is 0.157 e. The molecule has 1 rings (SSSR count). The predicted octanol–water partition coefficient (Wildman–Crippen LogP) is 2.50. The molecule has 13 heavy (non-hydrogen) atoms. The molecule has 2 unspecified atom stereocenters. The summed E-state index contributed by atoms with van der Waals surface area (Å²) in [7, 11) is 0. The fourth-order valence-corrected chi connectivity index (χ4v) is 2.48. The molecule has 76 valence electrons. The Morgan fingerprint density at radius 2 is 2.23 bits per heavy atom. The third kappa shape index (κ3) is 4.03. The molecule has 0 saturated carbocycles. The largest absolute Gasteiger partial charge is 0.362 e. The number of amidine groups is 1. The number of hydrogen-bond donors (Lipinski definition) is 1. The standard InChI is InChI=1S/C10H20N2S/c1-7(2)5-8(3)12-10-11-6-9(4)13-10/h7-9H,5-6H2,1-4H3,(H,11,12). The number of hydrogen-bond acceptors (Lipinski definition) is 3. The van der Waals surface area contributed by atoms with Crippen LogP contribution < -0.4 is 5.32 Å². The molecule has 0 radical (unpaired) electrons. The third-order valence-corrected chi connectivity index (χ3v) is 3.02. The van der Waals surface area contributed by atoms with Gasteiger partial charge in [0.2, 0.25) is 0 Å². The molecule has 1 N–H and O–H groups in total. The van der Waals surface area contributed by atoms with Gasteiger partial charge in [-0.1, -0.05) is 32.5 Å². The lowest BCUT2D eigenvalue weighted by atomic mass is 10.1. The van der Waals surface area contributed by atoms with Crippen molar-refractivity contribution in [2.75, 3.05) is 6.54 Å². The van der Waals surface area contributed by atoms with Gasteiger partial charge in [-0.3, -0.25) is 4.99 Å². The smallest absolute Gasteiger partial charge is 0.157 e. The molecule has 0 bridgehead atoms. The van der Waals surface area contributed by atoms with Crippen LogP contribution in [0.2, 0.25) is 0 Å². The minimum absolute atomic E-state index is 0.552. The van der Waals surface area contributed by atoms with Crippen LogP contribution in [0.3, 0.4) is 0 Å². The molecule has 1 aliphatic rings. The van der Waals surface area contributed by atoms with Crippen molar-refractivity contribution >= 4 is 16.9 Å². The predicted molar refractivity (Wildman–Crippen MR) is 61.4 cm³/mol. The fraction of sp³-hybridized carbons (Fsp3) is 0.900. The van der Waals surface area contributed by atoms with E-state index in [9.17, 15) is 0 Å². The van der Waals surface area contributed by atoms with Gasteiger partial charge in [-0.2, -0.15) is 0 Å². The van der Waals surface area contributed by atoms with E-state index in [-0.39, 0.29) is 0 Å². The van der Waals surface area contributed by atoms with Crippen molar-refractivity contribution in [3.8, 4) is 0 Å². The third-order valence-electron chi connectivity index (χ3n) is 2.00. The molecule has 0 amide bonds. The highest BCUT2D eigenvalue weighted by atomic mass is 32.2. The van der Waals surface area contributed by atoms with Crippen molar-refractivity contribution < 1.29 is 0 Å².